The van der Waals surface area contributed by atoms with E-state index in [0.717, 1.165) is 24.2 Å². The van der Waals surface area contributed by atoms with Gasteiger partial charge >= 0.3 is 0 Å². The number of rotatable bonds is 7. The van der Waals surface area contributed by atoms with Crippen LogP contribution in [0.4, 0.5) is 0 Å². The summed E-state index contributed by atoms with van der Waals surface area (Å²) in [6.07, 6.45) is 5.27. The molecule has 0 heterocycles. The summed E-state index contributed by atoms with van der Waals surface area (Å²) in [5.41, 5.74) is 0.810. The summed E-state index contributed by atoms with van der Waals surface area (Å²) in [4.78, 5) is 11.8. The Morgan fingerprint density at radius 1 is 1.35 bits per heavy atom. The van der Waals surface area contributed by atoms with E-state index in [9.17, 15) is 4.79 Å². The van der Waals surface area contributed by atoms with Gasteiger partial charge in [0.1, 0.15) is 11.5 Å². The van der Waals surface area contributed by atoms with E-state index < -0.39 is 0 Å². The number of amides is 1. The molecule has 0 aliphatic rings. The number of benzene rings is 1. The molecule has 4 heteroatoms. The van der Waals surface area contributed by atoms with Crippen molar-refractivity contribution in [2.75, 3.05) is 14.2 Å². The summed E-state index contributed by atoms with van der Waals surface area (Å²) in [5.74, 6) is 1.33. The van der Waals surface area contributed by atoms with Crippen molar-refractivity contribution in [1.82, 2.24) is 5.32 Å². The van der Waals surface area contributed by atoms with Gasteiger partial charge in [-0.2, -0.15) is 0 Å². The van der Waals surface area contributed by atoms with Gasteiger partial charge in [-0.15, -0.1) is 0 Å². The summed E-state index contributed by atoms with van der Waals surface area (Å²) < 4.78 is 10.4. The molecule has 20 heavy (non-hydrogen) atoms. The topological polar surface area (TPSA) is 47.6 Å². The van der Waals surface area contributed by atoms with Crippen LogP contribution in [-0.4, -0.2) is 26.2 Å². The molecule has 0 bridgehead atoms. The summed E-state index contributed by atoms with van der Waals surface area (Å²) >= 11 is 0. The normalized spacial score (nSPS) is 12.2. The molecule has 0 aromatic heterocycles. The van der Waals surface area contributed by atoms with Gasteiger partial charge in [0.15, 0.2) is 0 Å². The lowest BCUT2D eigenvalue weighted by atomic mass is 10.1. The largest absolute Gasteiger partial charge is 0.497 e. The summed E-state index contributed by atoms with van der Waals surface area (Å²) in [7, 11) is 3.21. The van der Waals surface area contributed by atoms with Crippen LogP contribution in [0.15, 0.2) is 24.3 Å². The fourth-order valence-corrected chi connectivity index (χ4v) is 1.93. The number of ether oxygens (including phenoxy) is 2. The molecule has 0 aliphatic carbocycles. The van der Waals surface area contributed by atoms with Gasteiger partial charge in [-0.1, -0.05) is 13.3 Å². The van der Waals surface area contributed by atoms with Gasteiger partial charge in [0, 0.05) is 17.7 Å². The van der Waals surface area contributed by atoms with Gasteiger partial charge in [0.2, 0.25) is 5.91 Å². The first-order chi connectivity index (χ1) is 9.60. The van der Waals surface area contributed by atoms with E-state index in [1.54, 1.807) is 20.3 Å². The molecule has 0 aliphatic heterocycles. The molecule has 0 fully saturated rings. The van der Waals surface area contributed by atoms with Crippen molar-refractivity contribution < 1.29 is 14.3 Å². The fraction of sp³-hybridized carbons (Fsp3) is 0.438. The predicted molar refractivity (Wildman–Crippen MR) is 81.1 cm³/mol. The quantitative estimate of drug-likeness (QED) is 0.779. The maximum atomic E-state index is 11.8. The minimum absolute atomic E-state index is 0.101. The Morgan fingerprint density at radius 3 is 2.70 bits per heavy atom. The van der Waals surface area contributed by atoms with Crippen LogP contribution in [0.5, 0.6) is 11.5 Å². The van der Waals surface area contributed by atoms with Gasteiger partial charge in [-0.25, -0.2) is 0 Å². The zero-order valence-electron chi connectivity index (χ0n) is 12.6. The number of methoxy groups -OCH3 is 2. The van der Waals surface area contributed by atoms with Crippen LogP contribution < -0.4 is 14.8 Å². The first-order valence-electron chi connectivity index (χ1n) is 6.81. The van der Waals surface area contributed by atoms with Crippen molar-refractivity contribution in [1.29, 1.82) is 0 Å². The number of hydrogen-bond acceptors (Lipinski definition) is 3. The smallest absolute Gasteiger partial charge is 0.244 e. The van der Waals surface area contributed by atoms with Crippen molar-refractivity contribution in [2.24, 2.45) is 0 Å². The molecule has 0 spiro atoms. The molecule has 0 saturated heterocycles. The monoisotopic (exact) mass is 277 g/mol. The summed E-state index contributed by atoms with van der Waals surface area (Å²) in [6, 6.07) is 5.65. The second-order valence-electron chi connectivity index (χ2n) is 4.64. The third-order valence-corrected chi connectivity index (χ3v) is 2.96. The first kappa shape index (κ1) is 16.1. The van der Waals surface area contributed by atoms with Crippen LogP contribution in [0, 0.1) is 0 Å². The van der Waals surface area contributed by atoms with E-state index in [-0.39, 0.29) is 11.9 Å². The van der Waals surface area contributed by atoms with E-state index in [1.807, 2.05) is 25.1 Å². The van der Waals surface area contributed by atoms with Gasteiger partial charge < -0.3 is 14.8 Å². The van der Waals surface area contributed by atoms with Crippen molar-refractivity contribution in [3.05, 3.63) is 29.8 Å². The molecule has 0 unspecified atom stereocenters. The fourth-order valence-electron chi connectivity index (χ4n) is 1.93. The van der Waals surface area contributed by atoms with E-state index in [1.165, 1.54) is 6.08 Å². The summed E-state index contributed by atoms with van der Waals surface area (Å²) in [6.45, 7) is 4.10. The maximum Gasteiger partial charge on any atom is 0.244 e. The Kier molecular flexibility index (Phi) is 6.64. The molecule has 1 N–H and O–H groups in total. The molecule has 1 rings (SSSR count). The van der Waals surface area contributed by atoms with Gasteiger partial charge in [0.25, 0.3) is 0 Å². The van der Waals surface area contributed by atoms with Crippen molar-refractivity contribution in [3.63, 3.8) is 0 Å². The lowest BCUT2D eigenvalue weighted by molar-refractivity contribution is -0.117. The molecule has 4 nitrogen and oxygen atoms in total. The molecular weight excluding hydrogens is 254 g/mol. The minimum Gasteiger partial charge on any atom is -0.497 e. The predicted octanol–water partition coefficient (Wildman–Crippen LogP) is 3.02. The third-order valence-electron chi connectivity index (χ3n) is 2.96. The van der Waals surface area contributed by atoms with Crippen LogP contribution in [0.3, 0.4) is 0 Å². The van der Waals surface area contributed by atoms with Crippen LogP contribution in [0.2, 0.25) is 0 Å². The van der Waals surface area contributed by atoms with E-state index >= 15 is 0 Å². The zero-order valence-corrected chi connectivity index (χ0v) is 12.6. The van der Waals surface area contributed by atoms with E-state index in [4.69, 9.17) is 9.47 Å². The Bertz CT molecular complexity index is 469. The van der Waals surface area contributed by atoms with Crippen molar-refractivity contribution >= 4 is 12.0 Å². The van der Waals surface area contributed by atoms with E-state index in [0.29, 0.717) is 5.75 Å². The highest BCUT2D eigenvalue weighted by molar-refractivity contribution is 5.92. The standard InChI is InChI=1S/C16H23NO3/c1-5-6-12(2)17-16(18)10-7-13-11-14(19-3)8-9-15(13)20-4/h7-12H,5-6H2,1-4H3,(H,17,18)/b10-7+/t12-/m0/s1. The number of hydrogen-bond donors (Lipinski definition) is 1. The highest BCUT2D eigenvalue weighted by Gasteiger charge is 2.05. The average molecular weight is 277 g/mol. The van der Waals surface area contributed by atoms with Crippen molar-refractivity contribution in [2.45, 2.75) is 32.7 Å². The molecule has 1 aromatic carbocycles. The lowest BCUT2D eigenvalue weighted by Crippen LogP contribution is -2.30. The SMILES string of the molecule is CCC[C@H](C)NC(=O)/C=C/c1cc(OC)ccc1OC. The van der Waals surface area contributed by atoms with Crippen LogP contribution >= 0.6 is 0 Å². The first-order valence-corrected chi connectivity index (χ1v) is 6.81. The molecule has 1 aromatic rings. The van der Waals surface area contributed by atoms with Crippen molar-refractivity contribution in [3.8, 4) is 11.5 Å². The number of carbonyl (C=O) groups is 1. The lowest BCUT2D eigenvalue weighted by Gasteiger charge is -2.10. The average Bonchev–Trinajstić information content (AvgIpc) is 2.44. The zero-order chi connectivity index (χ0) is 15.0. The van der Waals surface area contributed by atoms with Gasteiger partial charge in [-0.05, 0) is 37.6 Å². The summed E-state index contributed by atoms with van der Waals surface area (Å²) in [5, 5.41) is 2.92. The Morgan fingerprint density at radius 2 is 2.10 bits per heavy atom. The molecular formula is C16H23NO3. The molecule has 1 atom stereocenters. The molecule has 1 amide bonds. The van der Waals surface area contributed by atoms with E-state index in [2.05, 4.69) is 12.2 Å². The number of carbonyl (C=O) groups excluding carboxylic acids is 1. The third kappa shape index (κ3) is 4.96. The Hall–Kier alpha value is -1.97. The van der Waals surface area contributed by atoms with Gasteiger partial charge in [-0.3, -0.25) is 4.79 Å². The van der Waals surface area contributed by atoms with Crippen LogP contribution in [0.25, 0.3) is 6.08 Å². The Labute approximate surface area is 120 Å². The van der Waals surface area contributed by atoms with Crippen LogP contribution in [0.1, 0.15) is 32.3 Å². The minimum atomic E-state index is -0.101. The van der Waals surface area contributed by atoms with Crippen LogP contribution in [-0.2, 0) is 4.79 Å². The molecule has 110 valence electrons. The molecule has 0 saturated carbocycles. The molecule has 0 radical (unpaired) electrons. The Balaban J connectivity index is 2.75. The maximum absolute atomic E-state index is 11.8. The highest BCUT2D eigenvalue weighted by Crippen LogP contribution is 2.24. The number of nitrogens with one attached hydrogen (secondary N) is 1. The van der Waals surface area contributed by atoms with Gasteiger partial charge in [0.05, 0.1) is 14.2 Å². The highest BCUT2D eigenvalue weighted by atomic mass is 16.5. The second-order valence-corrected chi connectivity index (χ2v) is 4.64. The second kappa shape index (κ2) is 8.25.